The summed E-state index contributed by atoms with van der Waals surface area (Å²) < 4.78 is 9.68. The zero-order valence-electron chi connectivity index (χ0n) is 46.2. The Morgan fingerprint density at radius 1 is 0.532 bits per heavy atom. The van der Waals surface area contributed by atoms with Crippen LogP contribution in [0.3, 0.4) is 0 Å². The van der Waals surface area contributed by atoms with E-state index in [-0.39, 0.29) is 47.2 Å². The van der Waals surface area contributed by atoms with Crippen molar-refractivity contribution in [3.8, 4) is 39.5 Å². The Morgan fingerprint density at radius 3 is 1.82 bits per heavy atom. The molecule has 14 rings (SSSR count). The number of hydrogen-bond donors (Lipinski definition) is 0. The fourth-order valence-electron chi connectivity index (χ4n) is 14.3. The molecule has 0 amide bonds. The molecule has 385 valence electrons. The van der Waals surface area contributed by atoms with Gasteiger partial charge in [0.25, 0.3) is 0 Å². The van der Waals surface area contributed by atoms with Gasteiger partial charge in [-0.05, 0) is 136 Å². The molecular weight excluding hydrogens is 1120 g/mol. The summed E-state index contributed by atoms with van der Waals surface area (Å²) in [5.74, 6) is 0.874. The molecule has 3 aromatic heterocycles. The maximum absolute atomic E-state index is 7.10. The first kappa shape index (κ1) is 50.6. The summed E-state index contributed by atoms with van der Waals surface area (Å²) in [6.45, 7) is 26.5. The quantitative estimate of drug-likeness (QED) is 0.130. The fourth-order valence-corrected chi connectivity index (χ4v) is 14.3. The Morgan fingerprint density at radius 2 is 1.14 bits per heavy atom. The summed E-state index contributed by atoms with van der Waals surface area (Å²) in [7, 11) is 0. The van der Waals surface area contributed by atoms with E-state index in [4.69, 9.17) is 9.40 Å². The van der Waals surface area contributed by atoms with Gasteiger partial charge in [0.15, 0.2) is 0 Å². The Hall–Kier alpha value is -7.17. The summed E-state index contributed by atoms with van der Waals surface area (Å²) in [6, 6.07) is 65.5. The number of pyridine rings is 1. The third-order valence-corrected chi connectivity index (χ3v) is 16.9. The second kappa shape index (κ2) is 17.9. The fraction of sp³-hybridized carbons (Fsp3) is 0.250. The van der Waals surface area contributed by atoms with Crippen LogP contribution in [0, 0.1) is 12.1 Å². The van der Waals surface area contributed by atoms with E-state index in [2.05, 4.69) is 237 Å². The van der Waals surface area contributed by atoms with E-state index in [1.165, 1.54) is 76.9 Å². The van der Waals surface area contributed by atoms with Gasteiger partial charge in [-0.15, -0.1) is 54.1 Å². The van der Waals surface area contributed by atoms with Crippen molar-refractivity contribution in [2.75, 3.05) is 0 Å². The predicted octanol–water partition coefficient (Wildman–Crippen LogP) is 19.3. The van der Waals surface area contributed by atoms with E-state index in [0.29, 0.717) is 0 Å². The van der Waals surface area contributed by atoms with Gasteiger partial charge in [-0.25, -0.2) is 0 Å². The van der Waals surface area contributed by atoms with E-state index in [1.54, 1.807) is 0 Å². The average molecular weight is 1180 g/mol. The maximum Gasteiger partial charge on any atom is 0.121 e. The first-order chi connectivity index (χ1) is 36.3. The van der Waals surface area contributed by atoms with Gasteiger partial charge in [-0.1, -0.05) is 190 Å². The number of benzene rings is 9. The molecule has 12 aromatic rings. The molecule has 0 spiro atoms. The molecule has 3 heterocycles. The Kier molecular flexibility index (Phi) is 11.8. The Bertz CT molecular complexity index is 4260. The van der Waals surface area contributed by atoms with Gasteiger partial charge in [0, 0.05) is 42.8 Å². The van der Waals surface area contributed by atoms with Gasteiger partial charge in [-0.3, -0.25) is 4.98 Å². The van der Waals surface area contributed by atoms with Crippen molar-refractivity contribution in [1.29, 1.82) is 0 Å². The molecular formula is C72H65IrN3O-2. The van der Waals surface area contributed by atoms with Crippen molar-refractivity contribution in [2.45, 2.75) is 116 Å². The van der Waals surface area contributed by atoms with Crippen molar-refractivity contribution in [2.24, 2.45) is 0 Å². The van der Waals surface area contributed by atoms with Gasteiger partial charge in [0.05, 0.1) is 22.4 Å². The van der Waals surface area contributed by atoms with Crippen molar-refractivity contribution in [3.05, 3.63) is 210 Å². The number of aromatic nitrogens is 3. The van der Waals surface area contributed by atoms with Gasteiger partial charge < -0.3 is 14.0 Å². The van der Waals surface area contributed by atoms with Crippen LogP contribution >= 0.6 is 0 Å². The third-order valence-electron chi connectivity index (χ3n) is 16.9. The summed E-state index contributed by atoms with van der Waals surface area (Å²) >= 11 is 0. The molecule has 0 unspecified atom stereocenters. The number of nitrogens with zero attached hydrogens (tertiary/aromatic N) is 3. The van der Waals surface area contributed by atoms with Crippen LogP contribution in [0.25, 0.3) is 105 Å². The summed E-state index contributed by atoms with van der Waals surface area (Å²) in [4.78, 5) is 10.1. The smallest absolute Gasteiger partial charge is 0.121 e. The number of fused-ring (bicyclic) bond motifs is 11. The molecule has 9 aromatic carbocycles. The van der Waals surface area contributed by atoms with Crippen LogP contribution < -0.4 is 0 Å². The third kappa shape index (κ3) is 8.10. The molecule has 4 nitrogen and oxygen atoms in total. The van der Waals surface area contributed by atoms with Crippen LogP contribution in [0.4, 0.5) is 0 Å². The van der Waals surface area contributed by atoms with Crippen molar-refractivity contribution < 1.29 is 24.5 Å². The second-order valence-electron chi connectivity index (χ2n) is 25.4. The van der Waals surface area contributed by atoms with Crippen LogP contribution in [-0.4, -0.2) is 14.5 Å². The number of hydrogen-bond acceptors (Lipinski definition) is 3. The van der Waals surface area contributed by atoms with Crippen molar-refractivity contribution in [1.82, 2.24) is 14.5 Å². The molecule has 0 bridgehead atoms. The minimum absolute atomic E-state index is 0. The molecule has 2 aliphatic carbocycles. The van der Waals surface area contributed by atoms with Crippen LogP contribution in [0.5, 0.6) is 0 Å². The van der Waals surface area contributed by atoms with Gasteiger partial charge >= 0.3 is 0 Å². The monoisotopic (exact) mass is 1180 g/mol. The number of imidazole rings is 1. The van der Waals surface area contributed by atoms with E-state index >= 15 is 0 Å². The zero-order valence-corrected chi connectivity index (χ0v) is 48.6. The average Bonchev–Trinajstić information content (AvgIpc) is 4.21. The zero-order chi connectivity index (χ0) is 52.7. The normalized spacial score (nSPS) is 15.9. The molecule has 2 aliphatic rings. The van der Waals surface area contributed by atoms with E-state index in [1.807, 2.05) is 30.5 Å². The van der Waals surface area contributed by atoms with Crippen LogP contribution in [0.15, 0.2) is 174 Å². The summed E-state index contributed by atoms with van der Waals surface area (Å²) in [5.41, 5.74) is 17.7. The van der Waals surface area contributed by atoms with Crippen LogP contribution in [0.2, 0.25) is 0 Å². The van der Waals surface area contributed by atoms with Gasteiger partial charge in [0.1, 0.15) is 5.58 Å². The first-order valence-corrected chi connectivity index (χ1v) is 27.2. The second-order valence-corrected chi connectivity index (χ2v) is 25.4. The minimum atomic E-state index is -0.133. The molecule has 0 saturated carbocycles. The Labute approximate surface area is 467 Å². The molecule has 0 atom stereocenters. The van der Waals surface area contributed by atoms with Gasteiger partial charge in [0.2, 0.25) is 0 Å². The summed E-state index contributed by atoms with van der Waals surface area (Å²) in [6.07, 6.45) is 3.96. The van der Waals surface area contributed by atoms with E-state index in [0.717, 1.165) is 68.5 Å². The predicted molar refractivity (Wildman–Crippen MR) is 319 cm³/mol. The topological polar surface area (TPSA) is 43.9 Å². The van der Waals surface area contributed by atoms with E-state index < -0.39 is 0 Å². The SMILES string of the molecule is CC(C)(C)c1ccnc(-c2[c-]cccc2)c1.CC1(C)CC(C)(C)c2c(-n3c(-c4[c-]ccc5c4oc4cc6c(ccc7ccccc76)cc45)nc4ccc5ccccc5c43)c3c(c(-c4ccccc4)c21)C(C)(C)CC3(C)C.[Ir]. The molecule has 0 saturated heterocycles. The van der Waals surface area contributed by atoms with Crippen LogP contribution in [0.1, 0.15) is 117 Å². The minimum Gasteiger partial charge on any atom is -0.501 e. The largest absolute Gasteiger partial charge is 0.501 e. The standard InChI is InChI=1S/C57H49N2O.C15H16N.Ir/c1-54(2)31-56(5,6)48-46(54)45(35-19-10-9-11-20-35)47-49(57(7,8)32-55(47,3)4)51(48)59-50-38-22-15-13-18-34(38)27-28-43(50)58-53(59)40-24-16-23-39-42-29-36-26-25-33-17-12-14-21-37(33)41(36)30-44(42)60-52(39)40;1-15(2,3)13-9-10-16-14(11-13)12-7-5-4-6-8-12;/h9-23,25-30H,31-32H2,1-8H3;4-7,9-11H,1-3H3;/q2*-1;. The number of furan rings is 1. The van der Waals surface area contributed by atoms with Crippen molar-refractivity contribution in [3.63, 3.8) is 0 Å². The molecule has 1 radical (unpaired) electrons. The molecule has 0 aliphatic heterocycles. The molecule has 0 fully saturated rings. The number of rotatable bonds is 4. The Balaban J connectivity index is 0.000000302. The molecule has 0 N–H and O–H groups in total. The molecule has 77 heavy (non-hydrogen) atoms. The summed E-state index contributed by atoms with van der Waals surface area (Å²) in [5, 5.41) is 9.45. The van der Waals surface area contributed by atoms with Crippen molar-refractivity contribution >= 4 is 65.3 Å². The molecule has 5 heteroatoms. The van der Waals surface area contributed by atoms with Gasteiger partial charge in [-0.2, -0.15) is 0 Å². The maximum atomic E-state index is 7.10. The first-order valence-electron chi connectivity index (χ1n) is 27.2. The van der Waals surface area contributed by atoms with Crippen LogP contribution in [-0.2, 0) is 47.2 Å². The van der Waals surface area contributed by atoms with E-state index in [9.17, 15) is 0 Å².